The molecule has 3 aliphatic rings. The van der Waals surface area contributed by atoms with E-state index in [-0.39, 0.29) is 29.5 Å². The molecule has 0 N–H and O–H groups in total. The smallest absolute Gasteiger partial charge is 0.295 e. The summed E-state index contributed by atoms with van der Waals surface area (Å²) in [5.41, 5.74) is 2.06. The number of fused-ring (bicyclic) bond motifs is 1. The van der Waals surface area contributed by atoms with Gasteiger partial charge in [-0.1, -0.05) is 54.0 Å². The van der Waals surface area contributed by atoms with Gasteiger partial charge in [0.25, 0.3) is 5.91 Å². The molecule has 8 heteroatoms. The quantitative estimate of drug-likeness (QED) is 0.414. The Kier molecular flexibility index (Phi) is 6.03. The minimum absolute atomic E-state index is 0.00193. The highest BCUT2D eigenvalue weighted by molar-refractivity contribution is 6.31. The van der Waals surface area contributed by atoms with Crippen molar-refractivity contribution in [3.05, 3.63) is 87.8 Å². The van der Waals surface area contributed by atoms with E-state index in [0.717, 1.165) is 30.4 Å². The van der Waals surface area contributed by atoms with Gasteiger partial charge < -0.3 is 14.0 Å². The van der Waals surface area contributed by atoms with E-state index >= 15 is 0 Å². The number of anilines is 1. The second-order valence-corrected chi connectivity index (χ2v) is 10.5. The van der Waals surface area contributed by atoms with Gasteiger partial charge in [-0.2, -0.15) is 0 Å². The number of nitrogens with zero attached hydrogens (tertiary/aromatic N) is 2. The Morgan fingerprint density at radius 1 is 1.11 bits per heavy atom. The third-order valence-electron chi connectivity index (χ3n) is 7.52. The number of rotatable bonds is 5. The zero-order chi connectivity index (χ0) is 25.7. The van der Waals surface area contributed by atoms with Crippen LogP contribution in [0.25, 0.3) is 0 Å². The number of halogens is 1. The van der Waals surface area contributed by atoms with Crippen LogP contribution in [-0.2, 0) is 20.9 Å². The number of carbonyl (C=O) groups excluding carboxylic acids is 2. The van der Waals surface area contributed by atoms with Crippen LogP contribution in [0.3, 0.4) is 0 Å². The molecule has 190 valence electrons. The fourth-order valence-corrected chi connectivity index (χ4v) is 5.81. The van der Waals surface area contributed by atoms with Crippen molar-refractivity contribution in [3.63, 3.8) is 0 Å². The van der Waals surface area contributed by atoms with Crippen molar-refractivity contribution in [2.24, 2.45) is 11.8 Å². The first-order valence-corrected chi connectivity index (χ1v) is 13.0. The van der Waals surface area contributed by atoms with Gasteiger partial charge in [-0.3, -0.25) is 14.5 Å². The third kappa shape index (κ3) is 4.21. The zero-order valence-electron chi connectivity index (χ0n) is 20.6. The van der Waals surface area contributed by atoms with Crippen LogP contribution >= 0.6 is 11.6 Å². The highest BCUT2D eigenvalue weighted by Crippen LogP contribution is 2.48. The van der Waals surface area contributed by atoms with Crippen LogP contribution in [0.4, 0.5) is 5.82 Å². The molecule has 1 aliphatic carbocycles. The number of carbonyl (C=O) groups is 2. The number of ketones is 1. The summed E-state index contributed by atoms with van der Waals surface area (Å²) >= 11 is 6.25. The molecule has 6 rings (SSSR count). The topological polar surface area (TPSA) is 81.9 Å². The molecule has 1 aromatic heterocycles. The Morgan fingerprint density at radius 3 is 2.62 bits per heavy atom. The number of benzene rings is 2. The molecule has 1 saturated carbocycles. The Hall–Kier alpha value is -3.58. The maximum absolute atomic E-state index is 13.9. The van der Waals surface area contributed by atoms with Gasteiger partial charge >= 0.3 is 0 Å². The first kappa shape index (κ1) is 23.8. The SMILES string of the molecule is Cc1cc(N2C(=O)C3=C(C(=O)C4CC(C)CCC4O3)C2c2ccc(OCc3ccccc3Cl)cc2)no1. The van der Waals surface area contributed by atoms with Gasteiger partial charge in [0, 0.05) is 16.7 Å². The van der Waals surface area contributed by atoms with Gasteiger partial charge in [-0.05, 0) is 55.9 Å². The summed E-state index contributed by atoms with van der Waals surface area (Å²) in [5.74, 6) is 1.56. The predicted molar refractivity (Wildman–Crippen MR) is 137 cm³/mol. The second-order valence-electron chi connectivity index (χ2n) is 10.1. The van der Waals surface area contributed by atoms with E-state index in [1.165, 1.54) is 4.90 Å². The molecule has 0 bridgehead atoms. The summed E-state index contributed by atoms with van der Waals surface area (Å²) in [4.78, 5) is 29.0. The molecule has 3 aromatic rings. The molecule has 4 unspecified atom stereocenters. The summed E-state index contributed by atoms with van der Waals surface area (Å²) in [6.07, 6.45) is 2.26. The second kappa shape index (κ2) is 9.38. The molecule has 1 fully saturated rings. The van der Waals surface area contributed by atoms with Crippen molar-refractivity contribution in [1.29, 1.82) is 0 Å². The number of hydrogen-bond acceptors (Lipinski definition) is 6. The minimum atomic E-state index is -0.657. The molecule has 4 atom stereocenters. The summed E-state index contributed by atoms with van der Waals surface area (Å²) in [6, 6.07) is 16.0. The van der Waals surface area contributed by atoms with Gasteiger partial charge in [0.2, 0.25) is 0 Å². The van der Waals surface area contributed by atoms with E-state index in [0.29, 0.717) is 40.4 Å². The van der Waals surface area contributed by atoms with Crippen molar-refractivity contribution < 1.29 is 23.6 Å². The first-order chi connectivity index (χ1) is 17.9. The highest BCUT2D eigenvalue weighted by atomic mass is 35.5. The van der Waals surface area contributed by atoms with Crippen LogP contribution in [0.5, 0.6) is 5.75 Å². The normalized spacial score (nSPS) is 25.1. The lowest BCUT2D eigenvalue weighted by Gasteiger charge is -2.37. The van der Waals surface area contributed by atoms with Crippen LogP contribution in [0.15, 0.2) is 70.5 Å². The maximum atomic E-state index is 13.9. The molecule has 7 nitrogen and oxygen atoms in total. The summed E-state index contributed by atoms with van der Waals surface area (Å²) in [5, 5.41) is 4.74. The van der Waals surface area contributed by atoms with Crippen molar-refractivity contribution >= 4 is 29.1 Å². The average molecular weight is 519 g/mol. The molecule has 2 aromatic carbocycles. The van der Waals surface area contributed by atoms with Gasteiger partial charge in [0.05, 0.1) is 17.5 Å². The van der Waals surface area contributed by atoms with Crippen LogP contribution in [-0.4, -0.2) is 23.0 Å². The number of Topliss-reactive ketones (excluding diaryl/α,β-unsaturated/α-hetero) is 1. The Labute approximate surface area is 220 Å². The molecule has 3 heterocycles. The van der Waals surface area contributed by atoms with Gasteiger partial charge in [0.15, 0.2) is 17.4 Å². The zero-order valence-corrected chi connectivity index (χ0v) is 21.4. The monoisotopic (exact) mass is 518 g/mol. The van der Waals surface area contributed by atoms with Crippen LogP contribution in [0.2, 0.25) is 5.02 Å². The van der Waals surface area contributed by atoms with Crippen LogP contribution in [0, 0.1) is 18.8 Å². The van der Waals surface area contributed by atoms with Gasteiger partial charge in [-0.15, -0.1) is 0 Å². The van der Waals surface area contributed by atoms with E-state index < -0.39 is 6.04 Å². The van der Waals surface area contributed by atoms with E-state index in [1.54, 1.807) is 13.0 Å². The Morgan fingerprint density at radius 2 is 1.89 bits per heavy atom. The average Bonchev–Trinajstić information content (AvgIpc) is 3.45. The summed E-state index contributed by atoms with van der Waals surface area (Å²) in [7, 11) is 0. The molecule has 2 aliphatic heterocycles. The lowest BCUT2D eigenvalue weighted by molar-refractivity contribution is -0.132. The molecule has 0 saturated heterocycles. The molecule has 0 spiro atoms. The van der Waals surface area contributed by atoms with E-state index in [1.807, 2.05) is 48.5 Å². The summed E-state index contributed by atoms with van der Waals surface area (Å²) < 4.78 is 17.5. The van der Waals surface area contributed by atoms with Gasteiger partial charge in [-0.25, -0.2) is 0 Å². The fraction of sp³-hybridized carbons (Fsp3) is 0.345. The highest BCUT2D eigenvalue weighted by Gasteiger charge is 2.53. The standard InChI is InChI=1S/C29H27ClN2O5/c1-16-7-12-23-21(13-16)27(33)25-26(32(29(34)28(25)36-23)24-14-17(2)37-31-24)18-8-10-20(11-9-18)35-15-19-5-3-4-6-22(19)30/h3-6,8-11,14,16,21,23,26H,7,12-13,15H2,1-2H3. The third-order valence-corrected chi connectivity index (χ3v) is 7.89. The number of ether oxygens (including phenoxy) is 2. The summed E-state index contributed by atoms with van der Waals surface area (Å²) in [6.45, 7) is 4.26. The lowest BCUT2D eigenvalue weighted by Crippen LogP contribution is -2.41. The van der Waals surface area contributed by atoms with Crippen molar-refractivity contribution in [2.45, 2.75) is 51.9 Å². The largest absolute Gasteiger partial charge is 0.489 e. The number of hydrogen-bond donors (Lipinski definition) is 0. The van der Waals surface area contributed by atoms with Crippen molar-refractivity contribution in [3.8, 4) is 5.75 Å². The Balaban J connectivity index is 1.34. The number of aryl methyl sites for hydroxylation is 1. The minimum Gasteiger partial charge on any atom is -0.489 e. The number of amides is 1. The molecule has 0 radical (unpaired) electrons. The molecule has 37 heavy (non-hydrogen) atoms. The molecular formula is C29H27ClN2O5. The van der Waals surface area contributed by atoms with Gasteiger partial charge in [0.1, 0.15) is 24.2 Å². The lowest BCUT2D eigenvalue weighted by atomic mass is 9.74. The van der Waals surface area contributed by atoms with Crippen LogP contribution < -0.4 is 9.64 Å². The van der Waals surface area contributed by atoms with E-state index in [9.17, 15) is 9.59 Å². The number of aromatic nitrogens is 1. The molecular weight excluding hydrogens is 492 g/mol. The first-order valence-electron chi connectivity index (χ1n) is 12.6. The van der Waals surface area contributed by atoms with Crippen molar-refractivity contribution in [1.82, 2.24) is 5.16 Å². The van der Waals surface area contributed by atoms with Crippen molar-refractivity contribution in [2.75, 3.05) is 4.90 Å². The fourth-order valence-electron chi connectivity index (χ4n) is 5.62. The Bertz CT molecular complexity index is 1400. The maximum Gasteiger partial charge on any atom is 0.295 e. The predicted octanol–water partition coefficient (Wildman–Crippen LogP) is 5.96. The van der Waals surface area contributed by atoms with Crippen LogP contribution in [0.1, 0.15) is 49.1 Å². The van der Waals surface area contributed by atoms with E-state index in [2.05, 4.69) is 12.1 Å². The molecule has 1 amide bonds. The van der Waals surface area contributed by atoms with E-state index in [4.69, 9.17) is 25.6 Å².